The van der Waals surface area contributed by atoms with Gasteiger partial charge in [-0.3, -0.25) is 0 Å². The molecular formula is C6H6NO3STi-. The fourth-order valence-corrected chi connectivity index (χ4v) is 0.954. The zero-order valence-corrected chi connectivity index (χ0v) is 8.36. The first-order valence-electron chi connectivity index (χ1n) is 2.83. The summed E-state index contributed by atoms with van der Waals surface area (Å²) in [5, 5.41) is 8.81. The predicted molar refractivity (Wildman–Crippen MR) is 40.5 cm³/mol. The zero-order chi connectivity index (χ0) is 8.27. The van der Waals surface area contributed by atoms with Gasteiger partial charge in [0.25, 0.3) is 0 Å². The monoisotopic (exact) mass is 220 g/mol. The maximum absolute atomic E-state index is 10.1. The topological polar surface area (TPSA) is 66.4 Å². The van der Waals surface area contributed by atoms with Crippen molar-refractivity contribution in [3.63, 3.8) is 0 Å². The average Bonchev–Trinajstić information content (AvgIpc) is 1.93. The van der Waals surface area contributed by atoms with Crippen molar-refractivity contribution < 1.29 is 35.2 Å². The minimum Gasteiger partial charge on any atom is -0.508 e. The maximum Gasteiger partial charge on any atom is 0.115 e. The van der Waals surface area contributed by atoms with Crippen molar-refractivity contribution in [3.8, 4) is 5.75 Å². The van der Waals surface area contributed by atoms with Crippen LogP contribution in [0.2, 0.25) is 0 Å². The van der Waals surface area contributed by atoms with Crippen LogP contribution < -0.4 is 4.72 Å². The van der Waals surface area contributed by atoms with Crippen LogP contribution in [-0.2, 0) is 41.0 Å². The van der Waals surface area contributed by atoms with E-state index < -0.39 is 10.9 Å². The number of hydrogen-bond acceptors (Lipinski definition) is 4. The van der Waals surface area contributed by atoms with Crippen molar-refractivity contribution >= 4 is 16.6 Å². The van der Waals surface area contributed by atoms with Crippen LogP contribution in [0.5, 0.6) is 5.75 Å². The molecule has 0 fully saturated rings. The molecule has 0 aromatic heterocycles. The molecular weight excluding hydrogens is 214 g/mol. The van der Waals surface area contributed by atoms with Gasteiger partial charge in [-0.1, -0.05) is 0 Å². The summed E-state index contributed by atoms with van der Waals surface area (Å²) >= 11 is 0. The number of phenolic OH excluding ortho intramolecular Hbond substituents is 1. The standard InChI is InChI=1S/C6H6NO3S.Ti/c8-6-3-1-5(2-4-6)7-11(9)10;/h1-4,8H,(H,7,9,10);/q-1;. The molecule has 0 unspecified atom stereocenters. The van der Waals surface area contributed by atoms with Crippen LogP contribution in [0, 0.1) is 0 Å². The van der Waals surface area contributed by atoms with Gasteiger partial charge in [0.05, 0.1) is 0 Å². The summed E-state index contributed by atoms with van der Waals surface area (Å²) < 4.78 is 22.3. The Morgan fingerprint density at radius 2 is 1.67 bits per heavy atom. The molecule has 0 aliphatic heterocycles. The van der Waals surface area contributed by atoms with E-state index >= 15 is 0 Å². The second-order valence-corrected chi connectivity index (χ2v) is 2.56. The van der Waals surface area contributed by atoms with E-state index in [1.54, 1.807) is 0 Å². The van der Waals surface area contributed by atoms with E-state index in [-0.39, 0.29) is 27.5 Å². The smallest absolute Gasteiger partial charge is 0.115 e. The molecule has 1 aromatic carbocycles. The molecule has 0 radical (unpaired) electrons. The molecule has 0 aliphatic carbocycles. The van der Waals surface area contributed by atoms with E-state index in [0.29, 0.717) is 5.69 Å². The van der Waals surface area contributed by atoms with Crippen LogP contribution >= 0.6 is 0 Å². The minimum atomic E-state index is -2.30. The molecule has 0 saturated heterocycles. The molecule has 2 N–H and O–H groups in total. The molecule has 0 amide bonds. The first-order chi connectivity index (χ1) is 5.18. The second kappa shape index (κ2) is 5.19. The Bertz CT molecular complexity index is 301. The average molecular weight is 220 g/mol. The quantitative estimate of drug-likeness (QED) is 0.444. The van der Waals surface area contributed by atoms with Gasteiger partial charge in [0.15, 0.2) is 0 Å². The summed E-state index contributed by atoms with van der Waals surface area (Å²) in [6, 6.07) is 5.72. The molecule has 6 heteroatoms. The predicted octanol–water partition coefficient (Wildman–Crippen LogP) is 1.03. The number of phenols is 1. The van der Waals surface area contributed by atoms with Gasteiger partial charge in [-0.05, 0) is 24.3 Å². The van der Waals surface area contributed by atoms with Crippen LogP contribution in [0.1, 0.15) is 0 Å². The van der Waals surface area contributed by atoms with Gasteiger partial charge in [0.2, 0.25) is 0 Å². The van der Waals surface area contributed by atoms with Gasteiger partial charge < -0.3 is 18.2 Å². The molecule has 4 nitrogen and oxygen atoms in total. The van der Waals surface area contributed by atoms with Crippen molar-refractivity contribution in [1.82, 2.24) is 0 Å². The van der Waals surface area contributed by atoms with Crippen LogP contribution in [0.4, 0.5) is 5.69 Å². The fraction of sp³-hybridized carbons (Fsp3) is 0. The molecule has 0 saturated carbocycles. The third kappa shape index (κ3) is 3.75. The van der Waals surface area contributed by atoms with E-state index in [4.69, 9.17) is 5.11 Å². The number of hydrogen-bond donors (Lipinski definition) is 2. The van der Waals surface area contributed by atoms with E-state index in [1.807, 2.05) is 0 Å². The summed E-state index contributed by atoms with van der Waals surface area (Å²) in [6.45, 7) is 0. The van der Waals surface area contributed by atoms with Gasteiger partial charge in [-0.25, -0.2) is 0 Å². The number of nitrogens with one attached hydrogen (secondary N) is 1. The summed E-state index contributed by atoms with van der Waals surface area (Å²) in [7, 11) is -2.30. The Labute approximate surface area is 86.6 Å². The van der Waals surface area contributed by atoms with Crippen LogP contribution in [-0.4, -0.2) is 5.11 Å². The molecule has 0 bridgehead atoms. The Kier molecular flexibility index (Phi) is 4.96. The van der Waals surface area contributed by atoms with Crippen LogP contribution in [0.15, 0.2) is 24.3 Å². The van der Waals surface area contributed by atoms with Gasteiger partial charge in [-0.2, -0.15) is 0 Å². The van der Waals surface area contributed by atoms with Gasteiger partial charge in [0.1, 0.15) is 5.75 Å². The molecule has 0 spiro atoms. The van der Waals surface area contributed by atoms with Gasteiger partial charge in [0, 0.05) is 38.3 Å². The van der Waals surface area contributed by atoms with E-state index in [9.17, 15) is 8.42 Å². The Hall–Kier alpha value is -0.516. The first kappa shape index (κ1) is 11.5. The van der Waals surface area contributed by atoms with E-state index in [0.717, 1.165) is 0 Å². The maximum atomic E-state index is 10.1. The molecule has 0 atom stereocenters. The Morgan fingerprint density at radius 1 is 1.17 bits per heavy atom. The summed E-state index contributed by atoms with van der Waals surface area (Å²) in [6.07, 6.45) is 0. The largest absolute Gasteiger partial charge is 0.508 e. The number of benzene rings is 1. The first-order valence-corrected chi connectivity index (χ1v) is 3.91. The minimum absolute atomic E-state index is 0. The fourth-order valence-electron chi connectivity index (χ4n) is 0.626. The Balaban J connectivity index is 0.00000121. The molecule has 1 aromatic rings. The summed E-state index contributed by atoms with van der Waals surface area (Å²) in [4.78, 5) is 0. The number of anilines is 1. The molecule has 1 rings (SSSR count). The molecule has 0 heterocycles. The van der Waals surface area contributed by atoms with Gasteiger partial charge >= 0.3 is 0 Å². The summed E-state index contributed by atoms with van der Waals surface area (Å²) in [5.41, 5.74) is 0.427. The molecule has 64 valence electrons. The number of aromatic hydroxyl groups is 1. The third-order valence-electron chi connectivity index (χ3n) is 1.07. The van der Waals surface area contributed by atoms with Crippen molar-refractivity contribution in [2.75, 3.05) is 4.72 Å². The SMILES string of the molecule is O=[S-](=O)Nc1ccc(O)cc1.[Ti]. The zero-order valence-electron chi connectivity index (χ0n) is 5.98. The van der Waals surface area contributed by atoms with Crippen LogP contribution in [0.25, 0.3) is 0 Å². The van der Waals surface area contributed by atoms with Crippen molar-refractivity contribution in [3.05, 3.63) is 24.3 Å². The van der Waals surface area contributed by atoms with Crippen LogP contribution in [0.3, 0.4) is 0 Å². The van der Waals surface area contributed by atoms with Crippen molar-refractivity contribution in [1.29, 1.82) is 0 Å². The molecule has 0 aliphatic rings. The second-order valence-electron chi connectivity index (χ2n) is 1.88. The van der Waals surface area contributed by atoms with Crippen molar-refractivity contribution in [2.45, 2.75) is 0 Å². The molecule has 12 heavy (non-hydrogen) atoms. The third-order valence-corrected chi connectivity index (χ3v) is 1.47. The normalized spacial score (nSPS) is 9.08. The number of rotatable bonds is 2. The van der Waals surface area contributed by atoms with Crippen molar-refractivity contribution in [2.24, 2.45) is 0 Å². The Morgan fingerprint density at radius 3 is 2.08 bits per heavy atom. The summed E-state index contributed by atoms with van der Waals surface area (Å²) in [5.74, 6) is 0.104. The van der Waals surface area contributed by atoms with E-state index in [2.05, 4.69) is 4.72 Å². The van der Waals surface area contributed by atoms with E-state index in [1.165, 1.54) is 24.3 Å². The van der Waals surface area contributed by atoms with Gasteiger partial charge in [-0.15, -0.1) is 0 Å².